The third-order valence-electron chi connectivity index (χ3n) is 2.64. The molecule has 7 heteroatoms. The van der Waals surface area contributed by atoms with Crippen LogP contribution in [-0.2, 0) is 6.54 Å². The summed E-state index contributed by atoms with van der Waals surface area (Å²) in [6.07, 6.45) is 0. The van der Waals surface area contributed by atoms with Crippen LogP contribution >= 0.6 is 58.6 Å². The van der Waals surface area contributed by atoms with Crippen LogP contribution in [0.15, 0.2) is 36.4 Å². The summed E-state index contributed by atoms with van der Waals surface area (Å²) >= 11 is 29.1. The van der Waals surface area contributed by atoms with Crippen LogP contribution in [0, 0.1) is 0 Å². The molecule has 2 aromatic carbocycles. The lowest BCUT2D eigenvalue weighted by molar-refractivity contribution is 0.926. The van der Waals surface area contributed by atoms with Gasteiger partial charge in [-0.05, 0) is 42.0 Å². The van der Waals surface area contributed by atoms with E-state index in [4.69, 9.17) is 58.6 Å². The molecule has 110 valence electrons. The highest BCUT2D eigenvalue weighted by Gasteiger charge is 2.06. The van der Waals surface area contributed by atoms with E-state index in [9.17, 15) is 0 Å². The van der Waals surface area contributed by atoms with Crippen molar-refractivity contribution < 1.29 is 0 Å². The van der Waals surface area contributed by atoms with Crippen LogP contribution in [0.5, 0.6) is 0 Å². The molecule has 21 heavy (non-hydrogen) atoms. The van der Waals surface area contributed by atoms with Crippen LogP contribution in [0.1, 0.15) is 5.56 Å². The smallest absolute Gasteiger partial charge is 0.171 e. The molecule has 0 bridgehead atoms. The fourth-order valence-electron chi connectivity index (χ4n) is 1.60. The van der Waals surface area contributed by atoms with Crippen molar-refractivity contribution in [2.24, 2.45) is 0 Å². The fraction of sp³-hybridized carbons (Fsp3) is 0.0714. The molecule has 2 nitrogen and oxygen atoms in total. The van der Waals surface area contributed by atoms with Gasteiger partial charge in [-0.15, -0.1) is 0 Å². The summed E-state index contributed by atoms with van der Waals surface area (Å²) < 4.78 is 0. The minimum Gasteiger partial charge on any atom is -0.358 e. The molecule has 0 amide bonds. The van der Waals surface area contributed by atoms with E-state index in [0.717, 1.165) is 5.56 Å². The SMILES string of the molecule is S=C(NCc1ccc(Cl)c(Cl)c1)Nc1cccc(Cl)c1Cl. The number of hydrogen-bond acceptors (Lipinski definition) is 1. The Hall–Kier alpha value is -0.710. The number of thiocarbonyl (C=S) groups is 1. The van der Waals surface area contributed by atoms with Crippen molar-refractivity contribution in [1.82, 2.24) is 5.32 Å². The van der Waals surface area contributed by atoms with E-state index in [2.05, 4.69) is 10.6 Å². The molecule has 0 aromatic heterocycles. The number of anilines is 1. The van der Waals surface area contributed by atoms with Gasteiger partial charge in [0.1, 0.15) is 0 Å². The summed E-state index contributed by atoms with van der Waals surface area (Å²) in [6.45, 7) is 0.515. The van der Waals surface area contributed by atoms with Gasteiger partial charge < -0.3 is 10.6 Å². The maximum Gasteiger partial charge on any atom is 0.171 e. The molecule has 0 heterocycles. The monoisotopic (exact) mass is 378 g/mol. The van der Waals surface area contributed by atoms with Crippen LogP contribution in [-0.4, -0.2) is 5.11 Å². The fourth-order valence-corrected chi connectivity index (χ4v) is 2.45. The van der Waals surface area contributed by atoms with Crippen LogP contribution in [0.4, 0.5) is 5.69 Å². The molecule has 2 rings (SSSR count). The van der Waals surface area contributed by atoms with Gasteiger partial charge in [-0.25, -0.2) is 0 Å². The molecular weight excluding hydrogens is 370 g/mol. The topological polar surface area (TPSA) is 24.1 Å². The van der Waals surface area contributed by atoms with E-state index in [0.29, 0.717) is 37.4 Å². The van der Waals surface area contributed by atoms with E-state index >= 15 is 0 Å². The molecule has 0 aliphatic carbocycles. The first-order chi connectivity index (χ1) is 9.97. The lowest BCUT2D eigenvalue weighted by atomic mass is 10.2. The largest absolute Gasteiger partial charge is 0.358 e. The highest BCUT2D eigenvalue weighted by atomic mass is 35.5. The predicted octanol–water partition coefficient (Wildman–Crippen LogP) is 5.79. The molecule has 2 N–H and O–H groups in total. The van der Waals surface area contributed by atoms with Crippen LogP contribution in [0.3, 0.4) is 0 Å². The molecule has 2 aromatic rings. The Morgan fingerprint density at radius 2 is 1.71 bits per heavy atom. The quantitative estimate of drug-likeness (QED) is 0.660. The highest BCUT2D eigenvalue weighted by molar-refractivity contribution is 7.80. The van der Waals surface area contributed by atoms with E-state index in [1.165, 1.54) is 0 Å². The third-order valence-corrected chi connectivity index (χ3v) is 4.44. The molecule has 0 saturated heterocycles. The van der Waals surface area contributed by atoms with Crippen molar-refractivity contribution in [3.8, 4) is 0 Å². The van der Waals surface area contributed by atoms with Gasteiger partial charge in [0, 0.05) is 6.54 Å². The number of benzene rings is 2. The van der Waals surface area contributed by atoms with Gasteiger partial charge in [-0.2, -0.15) is 0 Å². The molecule has 0 unspecified atom stereocenters. The zero-order valence-corrected chi connectivity index (χ0v) is 14.4. The second-order valence-electron chi connectivity index (χ2n) is 4.16. The number of halogens is 4. The normalized spacial score (nSPS) is 10.3. The van der Waals surface area contributed by atoms with Gasteiger partial charge in [0.05, 0.1) is 25.8 Å². The average molecular weight is 380 g/mol. The van der Waals surface area contributed by atoms with E-state index in [1.807, 2.05) is 6.07 Å². The Bertz CT molecular complexity index is 676. The molecular formula is C14H10Cl4N2S. The van der Waals surface area contributed by atoms with Gasteiger partial charge in [-0.1, -0.05) is 58.5 Å². The van der Waals surface area contributed by atoms with Crippen molar-refractivity contribution in [3.63, 3.8) is 0 Å². The highest BCUT2D eigenvalue weighted by Crippen LogP contribution is 2.29. The first kappa shape index (κ1) is 16.7. The molecule has 0 aliphatic rings. The van der Waals surface area contributed by atoms with Crippen LogP contribution < -0.4 is 10.6 Å². The lowest BCUT2D eigenvalue weighted by Gasteiger charge is -2.12. The average Bonchev–Trinajstić information content (AvgIpc) is 2.45. The summed E-state index contributed by atoms with van der Waals surface area (Å²) in [5.74, 6) is 0. The van der Waals surface area contributed by atoms with E-state index in [1.54, 1.807) is 30.3 Å². The predicted molar refractivity (Wildman–Crippen MR) is 96.0 cm³/mol. The Labute approximate surface area is 148 Å². The summed E-state index contributed by atoms with van der Waals surface area (Å²) in [5.41, 5.74) is 1.61. The molecule has 0 radical (unpaired) electrons. The number of rotatable bonds is 3. The van der Waals surface area contributed by atoms with Gasteiger partial charge in [0.2, 0.25) is 0 Å². The third kappa shape index (κ3) is 4.63. The Morgan fingerprint density at radius 3 is 2.43 bits per heavy atom. The lowest BCUT2D eigenvalue weighted by Crippen LogP contribution is -2.28. The molecule has 0 spiro atoms. The molecule has 0 aliphatic heterocycles. The zero-order chi connectivity index (χ0) is 15.4. The zero-order valence-electron chi connectivity index (χ0n) is 10.6. The Morgan fingerprint density at radius 1 is 0.952 bits per heavy atom. The standard InChI is InChI=1S/C14H10Cl4N2S/c15-9-5-4-8(6-11(9)17)7-19-14(21)20-12-3-1-2-10(16)13(12)18/h1-6H,7H2,(H2,19,20,21). The summed E-state index contributed by atoms with van der Waals surface area (Å²) in [7, 11) is 0. The van der Waals surface area contributed by atoms with Gasteiger partial charge in [0.25, 0.3) is 0 Å². The Kier molecular flexibility index (Phi) is 5.97. The van der Waals surface area contributed by atoms with E-state index < -0.39 is 0 Å². The van der Waals surface area contributed by atoms with Crippen molar-refractivity contribution in [2.45, 2.75) is 6.54 Å². The van der Waals surface area contributed by atoms with Crippen LogP contribution in [0.2, 0.25) is 20.1 Å². The minimum absolute atomic E-state index is 0.429. The minimum atomic E-state index is 0.429. The first-order valence-electron chi connectivity index (χ1n) is 5.90. The van der Waals surface area contributed by atoms with E-state index in [-0.39, 0.29) is 0 Å². The summed E-state index contributed by atoms with van der Waals surface area (Å²) in [5, 5.41) is 8.41. The van der Waals surface area contributed by atoms with Gasteiger partial charge in [0.15, 0.2) is 5.11 Å². The maximum atomic E-state index is 6.08. The molecule has 0 fully saturated rings. The second-order valence-corrected chi connectivity index (χ2v) is 6.17. The van der Waals surface area contributed by atoms with Crippen LogP contribution in [0.25, 0.3) is 0 Å². The number of nitrogens with one attached hydrogen (secondary N) is 2. The van der Waals surface area contributed by atoms with Gasteiger partial charge >= 0.3 is 0 Å². The van der Waals surface area contributed by atoms with Crippen molar-refractivity contribution in [2.75, 3.05) is 5.32 Å². The Balaban J connectivity index is 1.96. The van der Waals surface area contributed by atoms with Gasteiger partial charge in [-0.3, -0.25) is 0 Å². The summed E-state index contributed by atoms with van der Waals surface area (Å²) in [6, 6.07) is 10.7. The maximum absolute atomic E-state index is 6.08. The number of hydrogen-bond donors (Lipinski definition) is 2. The molecule has 0 atom stereocenters. The first-order valence-corrected chi connectivity index (χ1v) is 7.82. The second kappa shape index (κ2) is 7.52. The molecule has 0 saturated carbocycles. The van der Waals surface area contributed by atoms with Crippen molar-refractivity contribution in [3.05, 3.63) is 62.1 Å². The van der Waals surface area contributed by atoms with Crippen molar-refractivity contribution >= 4 is 69.4 Å². The summed E-state index contributed by atoms with van der Waals surface area (Å²) in [4.78, 5) is 0. The van der Waals surface area contributed by atoms with Crippen molar-refractivity contribution in [1.29, 1.82) is 0 Å².